The van der Waals surface area contributed by atoms with Crippen molar-refractivity contribution in [3.05, 3.63) is 29.6 Å². The van der Waals surface area contributed by atoms with Crippen LogP contribution in [0.25, 0.3) is 0 Å². The number of likely N-dealkylation sites (tertiary alicyclic amines) is 1. The Kier molecular flexibility index (Phi) is 3.08. The first-order chi connectivity index (χ1) is 7.72. The van der Waals surface area contributed by atoms with Crippen molar-refractivity contribution in [2.24, 2.45) is 0 Å². The third kappa shape index (κ3) is 2.01. The van der Waals surface area contributed by atoms with Crippen LogP contribution in [0.1, 0.15) is 23.2 Å². The Bertz CT molecular complexity index is 400. The van der Waals surface area contributed by atoms with E-state index >= 15 is 0 Å². The van der Waals surface area contributed by atoms with Crippen LogP contribution in [0.5, 0.6) is 0 Å². The summed E-state index contributed by atoms with van der Waals surface area (Å²) in [5, 5.41) is 2.73. The topological polar surface area (TPSA) is 32.3 Å². The highest BCUT2D eigenvalue weighted by molar-refractivity contribution is 5.94. The number of benzene rings is 1. The molecule has 1 amide bonds. The first kappa shape index (κ1) is 10.9. The summed E-state index contributed by atoms with van der Waals surface area (Å²) in [6.07, 6.45) is 2.09. The molecular weight excluding hydrogens is 207 g/mol. The molecule has 1 aliphatic heterocycles. The van der Waals surface area contributed by atoms with Crippen molar-refractivity contribution in [2.75, 3.05) is 25.5 Å². The maximum absolute atomic E-state index is 13.5. The maximum Gasteiger partial charge on any atom is 0.253 e. The Hall–Kier alpha value is -1.58. The Labute approximate surface area is 94.3 Å². The molecule has 0 aromatic heterocycles. The van der Waals surface area contributed by atoms with Crippen molar-refractivity contribution >= 4 is 11.6 Å². The number of hydrogen-bond donors (Lipinski definition) is 1. The second-order valence-corrected chi connectivity index (χ2v) is 3.94. The smallest absolute Gasteiger partial charge is 0.253 e. The molecule has 16 heavy (non-hydrogen) atoms. The summed E-state index contributed by atoms with van der Waals surface area (Å²) in [7, 11) is 1.65. The molecule has 86 valence electrons. The lowest BCUT2D eigenvalue weighted by atomic mass is 10.1. The number of halogens is 1. The van der Waals surface area contributed by atoms with E-state index in [4.69, 9.17) is 0 Å². The largest absolute Gasteiger partial charge is 0.386 e. The lowest BCUT2D eigenvalue weighted by Gasteiger charge is -2.15. The minimum Gasteiger partial charge on any atom is -0.386 e. The molecule has 0 bridgehead atoms. The van der Waals surface area contributed by atoms with Crippen LogP contribution < -0.4 is 5.32 Å². The van der Waals surface area contributed by atoms with E-state index in [1.165, 1.54) is 6.07 Å². The van der Waals surface area contributed by atoms with Gasteiger partial charge in [0.2, 0.25) is 0 Å². The van der Waals surface area contributed by atoms with Gasteiger partial charge >= 0.3 is 0 Å². The van der Waals surface area contributed by atoms with Crippen LogP contribution in [0.2, 0.25) is 0 Å². The average Bonchev–Trinajstić information content (AvgIpc) is 2.81. The monoisotopic (exact) mass is 222 g/mol. The fourth-order valence-corrected chi connectivity index (χ4v) is 1.95. The van der Waals surface area contributed by atoms with Gasteiger partial charge in [-0.25, -0.2) is 4.39 Å². The van der Waals surface area contributed by atoms with E-state index in [0.717, 1.165) is 25.9 Å². The van der Waals surface area contributed by atoms with Crippen molar-refractivity contribution in [1.29, 1.82) is 0 Å². The van der Waals surface area contributed by atoms with Crippen molar-refractivity contribution in [1.82, 2.24) is 4.90 Å². The van der Waals surface area contributed by atoms with Crippen LogP contribution in [-0.2, 0) is 0 Å². The number of amides is 1. The van der Waals surface area contributed by atoms with E-state index < -0.39 is 0 Å². The van der Waals surface area contributed by atoms with Gasteiger partial charge in [-0.3, -0.25) is 4.79 Å². The molecule has 1 saturated heterocycles. The first-order valence-corrected chi connectivity index (χ1v) is 5.49. The predicted octanol–water partition coefficient (Wildman–Crippen LogP) is 2.10. The zero-order valence-electron chi connectivity index (χ0n) is 9.29. The van der Waals surface area contributed by atoms with Crippen LogP contribution in [0.15, 0.2) is 18.2 Å². The third-order valence-corrected chi connectivity index (χ3v) is 2.88. The van der Waals surface area contributed by atoms with Gasteiger partial charge in [0.05, 0.1) is 5.69 Å². The fourth-order valence-electron chi connectivity index (χ4n) is 1.95. The number of anilines is 1. The Morgan fingerprint density at radius 1 is 1.38 bits per heavy atom. The number of carbonyl (C=O) groups excluding carboxylic acids is 1. The second-order valence-electron chi connectivity index (χ2n) is 3.94. The molecule has 1 heterocycles. The molecule has 1 aromatic carbocycles. The van der Waals surface area contributed by atoms with E-state index in [-0.39, 0.29) is 11.7 Å². The summed E-state index contributed by atoms with van der Waals surface area (Å²) in [5.41, 5.74) is 0.844. The van der Waals surface area contributed by atoms with Gasteiger partial charge in [-0.1, -0.05) is 0 Å². The van der Waals surface area contributed by atoms with E-state index in [9.17, 15) is 9.18 Å². The molecule has 0 radical (unpaired) electrons. The molecule has 0 spiro atoms. The van der Waals surface area contributed by atoms with Gasteiger partial charge in [-0.15, -0.1) is 0 Å². The molecular formula is C12H15FN2O. The molecule has 3 nitrogen and oxygen atoms in total. The van der Waals surface area contributed by atoms with Crippen molar-refractivity contribution < 1.29 is 9.18 Å². The van der Waals surface area contributed by atoms with Gasteiger partial charge in [-0.2, -0.15) is 0 Å². The highest BCUT2D eigenvalue weighted by Gasteiger charge is 2.20. The Morgan fingerprint density at radius 2 is 2.06 bits per heavy atom. The van der Waals surface area contributed by atoms with E-state index in [1.807, 2.05) is 0 Å². The Morgan fingerprint density at radius 3 is 2.62 bits per heavy atom. The normalized spacial score (nSPS) is 15.2. The SMILES string of the molecule is CNc1ccc(C(=O)N2CCCC2)cc1F. The number of rotatable bonds is 2. The van der Waals surface area contributed by atoms with Gasteiger partial charge in [0.15, 0.2) is 0 Å². The van der Waals surface area contributed by atoms with Crippen LogP contribution >= 0.6 is 0 Å². The van der Waals surface area contributed by atoms with Gasteiger partial charge < -0.3 is 10.2 Å². The van der Waals surface area contributed by atoms with Gasteiger partial charge in [0.25, 0.3) is 5.91 Å². The van der Waals surface area contributed by atoms with Crippen molar-refractivity contribution in [3.8, 4) is 0 Å². The molecule has 2 rings (SSSR count). The summed E-state index contributed by atoms with van der Waals surface area (Å²) >= 11 is 0. The highest BCUT2D eigenvalue weighted by atomic mass is 19.1. The van der Waals surface area contributed by atoms with Crippen molar-refractivity contribution in [2.45, 2.75) is 12.8 Å². The Balaban J connectivity index is 2.20. The summed E-state index contributed by atoms with van der Waals surface area (Å²) in [4.78, 5) is 13.7. The summed E-state index contributed by atoms with van der Waals surface area (Å²) in [6, 6.07) is 4.56. The van der Waals surface area contributed by atoms with Crippen LogP contribution in [0.4, 0.5) is 10.1 Å². The lowest BCUT2D eigenvalue weighted by Crippen LogP contribution is -2.27. The quantitative estimate of drug-likeness (QED) is 0.831. The second kappa shape index (κ2) is 4.51. The molecule has 1 aromatic rings. The zero-order valence-corrected chi connectivity index (χ0v) is 9.29. The molecule has 1 N–H and O–H groups in total. The van der Waals surface area contributed by atoms with Crippen LogP contribution in [0, 0.1) is 5.82 Å². The van der Waals surface area contributed by atoms with Crippen molar-refractivity contribution in [3.63, 3.8) is 0 Å². The van der Waals surface area contributed by atoms with E-state index in [2.05, 4.69) is 5.32 Å². The summed E-state index contributed by atoms with van der Waals surface area (Å²) < 4.78 is 13.5. The molecule has 0 aliphatic carbocycles. The standard InChI is InChI=1S/C12H15FN2O/c1-14-11-5-4-9(8-10(11)13)12(16)15-6-2-3-7-15/h4-5,8,14H,2-3,6-7H2,1H3. The molecule has 1 aliphatic rings. The summed E-state index contributed by atoms with van der Waals surface area (Å²) in [5.74, 6) is -0.452. The maximum atomic E-state index is 13.5. The number of hydrogen-bond acceptors (Lipinski definition) is 2. The van der Waals surface area contributed by atoms with E-state index in [1.54, 1.807) is 24.1 Å². The molecule has 0 atom stereocenters. The lowest BCUT2D eigenvalue weighted by molar-refractivity contribution is 0.0792. The molecule has 0 saturated carbocycles. The third-order valence-electron chi connectivity index (χ3n) is 2.88. The molecule has 1 fully saturated rings. The van der Waals surface area contributed by atoms with Crippen LogP contribution in [-0.4, -0.2) is 30.9 Å². The first-order valence-electron chi connectivity index (χ1n) is 5.49. The molecule has 0 unspecified atom stereocenters. The minimum atomic E-state index is -0.382. The van der Waals surface area contributed by atoms with Gasteiger partial charge in [-0.05, 0) is 31.0 Å². The summed E-state index contributed by atoms with van der Waals surface area (Å²) in [6.45, 7) is 1.57. The van der Waals surface area contributed by atoms with Crippen LogP contribution in [0.3, 0.4) is 0 Å². The number of carbonyl (C=O) groups is 1. The minimum absolute atomic E-state index is 0.0703. The van der Waals surface area contributed by atoms with Gasteiger partial charge in [0.1, 0.15) is 5.82 Å². The highest BCUT2D eigenvalue weighted by Crippen LogP contribution is 2.18. The molecule has 4 heteroatoms. The fraction of sp³-hybridized carbons (Fsp3) is 0.417. The van der Waals surface area contributed by atoms with E-state index in [0.29, 0.717) is 11.3 Å². The van der Waals surface area contributed by atoms with Gasteiger partial charge in [0, 0.05) is 25.7 Å². The number of nitrogens with zero attached hydrogens (tertiary/aromatic N) is 1. The average molecular weight is 222 g/mol. The number of nitrogens with one attached hydrogen (secondary N) is 1. The zero-order chi connectivity index (χ0) is 11.5. The predicted molar refractivity (Wildman–Crippen MR) is 61.1 cm³/mol.